The number of hydrogen-bond donors (Lipinski definition) is 1. The lowest BCUT2D eigenvalue weighted by molar-refractivity contribution is -0.393. The quantitative estimate of drug-likeness (QED) is 0.263. The smallest absolute Gasteiger partial charge is 0.272 e. The van der Waals surface area contributed by atoms with Gasteiger partial charge < -0.3 is 0 Å². The molecule has 0 aliphatic carbocycles. The van der Waals surface area contributed by atoms with Crippen molar-refractivity contribution in [1.29, 1.82) is 0 Å². The number of anilines is 1. The Morgan fingerprint density at radius 2 is 1.79 bits per heavy atom. The Bertz CT molecular complexity index is 602. The maximum Gasteiger partial charge on any atom is 0.301 e. The van der Waals surface area contributed by atoms with E-state index in [1.165, 1.54) is 31.4 Å². The van der Waals surface area contributed by atoms with Crippen LogP contribution in [0.15, 0.2) is 23.3 Å². The number of rotatable bonds is 11. The largest absolute Gasteiger partial charge is 0.301 e. The number of nitro groups is 2. The number of nitro benzene ring substituents is 2. The van der Waals surface area contributed by atoms with Gasteiger partial charge in [0.15, 0.2) is 0 Å². The summed E-state index contributed by atoms with van der Waals surface area (Å²) in [5.41, 5.74) is 3.10. The Kier molecular flexibility index (Phi) is 8.38. The van der Waals surface area contributed by atoms with Crippen molar-refractivity contribution in [3.8, 4) is 0 Å². The summed E-state index contributed by atoms with van der Waals surface area (Å²) in [4.78, 5) is 20.5. The van der Waals surface area contributed by atoms with Crippen LogP contribution in [0.1, 0.15) is 58.8 Å². The van der Waals surface area contributed by atoms with E-state index in [0.29, 0.717) is 0 Å². The molecule has 0 aromatic heterocycles. The van der Waals surface area contributed by atoms with Gasteiger partial charge in [0, 0.05) is 11.8 Å². The molecule has 0 heterocycles. The molecule has 0 atom stereocenters. The van der Waals surface area contributed by atoms with Crippen molar-refractivity contribution in [3.05, 3.63) is 38.4 Å². The van der Waals surface area contributed by atoms with Crippen LogP contribution < -0.4 is 5.43 Å². The minimum atomic E-state index is -0.659. The summed E-state index contributed by atoms with van der Waals surface area (Å²) in [6.07, 6.45) is 7.40. The molecule has 1 N–H and O–H groups in total. The fourth-order valence-corrected chi connectivity index (χ4v) is 2.26. The highest BCUT2D eigenvalue weighted by atomic mass is 16.6. The molecule has 0 aliphatic rings. The van der Waals surface area contributed by atoms with Crippen molar-refractivity contribution >= 4 is 22.8 Å². The summed E-state index contributed by atoms with van der Waals surface area (Å²) >= 11 is 0. The highest BCUT2D eigenvalue weighted by Crippen LogP contribution is 2.29. The van der Waals surface area contributed by atoms with E-state index >= 15 is 0 Å². The van der Waals surface area contributed by atoms with E-state index < -0.39 is 9.85 Å². The Morgan fingerprint density at radius 3 is 2.38 bits per heavy atom. The SMILES string of the molecule is CCCCCCCC(CC)=NNc1ccc([N+](=O)[O-])cc1[N+](=O)[O-]. The van der Waals surface area contributed by atoms with Gasteiger partial charge in [-0.1, -0.05) is 39.5 Å². The molecular formula is C16H24N4O4. The molecule has 8 heteroatoms. The number of nitrogens with zero attached hydrogens (tertiary/aromatic N) is 3. The first-order chi connectivity index (χ1) is 11.5. The monoisotopic (exact) mass is 336 g/mol. The predicted octanol–water partition coefficient (Wildman–Crippen LogP) is 5.04. The molecular weight excluding hydrogens is 312 g/mol. The van der Waals surface area contributed by atoms with Gasteiger partial charge in [0.25, 0.3) is 5.69 Å². The second-order valence-electron chi connectivity index (χ2n) is 5.52. The third-order valence-electron chi connectivity index (χ3n) is 3.70. The number of unbranched alkanes of at least 4 members (excludes halogenated alkanes) is 4. The molecule has 0 saturated heterocycles. The van der Waals surface area contributed by atoms with Gasteiger partial charge in [0.2, 0.25) is 0 Å². The van der Waals surface area contributed by atoms with Gasteiger partial charge in [-0.05, 0) is 25.3 Å². The first kappa shape index (κ1) is 19.5. The van der Waals surface area contributed by atoms with Crippen LogP contribution in [-0.4, -0.2) is 15.6 Å². The number of hydrazone groups is 1. The van der Waals surface area contributed by atoms with E-state index in [0.717, 1.165) is 37.5 Å². The number of nitrogens with one attached hydrogen (secondary N) is 1. The zero-order chi connectivity index (χ0) is 17.9. The highest BCUT2D eigenvalue weighted by molar-refractivity contribution is 5.85. The molecule has 0 bridgehead atoms. The van der Waals surface area contributed by atoms with E-state index in [2.05, 4.69) is 17.5 Å². The van der Waals surface area contributed by atoms with Gasteiger partial charge in [-0.3, -0.25) is 25.7 Å². The van der Waals surface area contributed by atoms with Crippen LogP contribution in [0.2, 0.25) is 0 Å². The van der Waals surface area contributed by atoms with Crippen LogP contribution in [0.25, 0.3) is 0 Å². The van der Waals surface area contributed by atoms with Crippen LogP contribution in [0.5, 0.6) is 0 Å². The topological polar surface area (TPSA) is 111 Å². The minimum absolute atomic E-state index is 0.155. The van der Waals surface area contributed by atoms with Gasteiger partial charge in [0.1, 0.15) is 5.69 Å². The highest BCUT2D eigenvalue weighted by Gasteiger charge is 2.19. The van der Waals surface area contributed by atoms with Crippen LogP contribution in [-0.2, 0) is 0 Å². The summed E-state index contributed by atoms with van der Waals surface area (Å²) < 4.78 is 0. The van der Waals surface area contributed by atoms with E-state index in [9.17, 15) is 20.2 Å². The average Bonchev–Trinajstić information content (AvgIpc) is 2.57. The van der Waals surface area contributed by atoms with E-state index in [1.54, 1.807) is 0 Å². The Hall–Kier alpha value is -2.51. The minimum Gasteiger partial charge on any atom is -0.272 e. The lowest BCUT2D eigenvalue weighted by Crippen LogP contribution is -2.03. The second-order valence-corrected chi connectivity index (χ2v) is 5.52. The molecule has 1 aromatic rings. The molecule has 24 heavy (non-hydrogen) atoms. The summed E-state index contributed by atoms with van der Waals surface area (Å²) in [5.74, 6) is 0. The molecule has 0 amide bonds. The van der Waals surface area contributed by atoms with Crippen molar-refractivity contribution in [2.24, 2.45) is 5.10 Å². The zero-order valence-corrected chi connectivity index (χ0v) is 14.2. The fourth-order valence-electron chi connectivity index (χ4n) is 2.26. The van der Waals surface area contributed by atoms with Crippen LogP contribution in [0.4, 0.5) is 17.1 Å². The molecule has 1 rings (SSSR count). The standard InChI is InChI=1S/C16H24N4O4/c1-3-5-6-7-8-9-13(4-2)17-18-15-11-10-14(19(21)22)12-16(15)20(23)24/h10-12,18H,3-9H2,1-2H3. The molecule has 0 fully saturated rings. The first-order valence-electron chi connectivity index (χ1n) is 8.23. The van der Waals surface area contributed by atoms with Gasteiger partial charge in [-0.2, -0.15) is 5.10 Å². The third-order valence-corrected chi connectivity index (χ3v) is 3.70. The summed E-state index contributed by atoms with van der Waals surface area (Å²) in [6.45, 7) is 4.15. The Balaban J connectivity index is 2.75. The maximum atomic E-state index is 11.1. The van der Waals surface area contributed by atoms with Crippen LogP contribution in [0.3, 0.4) is 0 Å². The first-order valence-corrected chi connectivity index (χ1v) is 8.23. The number of non-ortho nitro benzene ring substituents is 1. The Labute approximate surface area is 141 Å². The van der Waals surface area contributed by atoms with Crippen molar-refractivity contribution in [3.63, 3.8) is 0 Å². The second kappa shape index (κ2) is 10.3. The molecule has 0 spiro atoms. The summed E-state index contributed by atoms with van der Waals surface area (Å²) in [5, 5.41) is 26.0. The van der Waals surface area contributed by atoms with Crippen LogP contribution >= 0.6 is 0 Å². The lowest BCUT2D eigenvalue weighted by atomic mass is 10.1. The molecule has 132 valence electrons. The maximum absolute atomic E-state index is 11.1. The molecule has 1 aromatic carbocycles. The molecule has 0 radical (unpaired) electrons. The van der Waals surface area contributed by atoms with E-state index in [4.69, 9.17) is 0 Å². The zero-order valence-electron chi connectivity index (χ0n) is 14.2. The van der Waals surface area contributed by atoms with Gasteiger partial charge in [-0.15, -0.1) is 0 Å². The van der Waals surface area contributed by atoms with Crippen molar-refractivity contribution in [2.45, 2.75) is 58.8 Å². The lowest BCUT2D eigenvalue weighted by Gasteiger charge is -2.06. The van der Waals surface area contributed by atoms with Crippen molar-refractivity contribution in [2.75, 3.05) is 5.43 Å². The third kappa shape index (κ3) is 6.31. The number of benzene rings is 1. The molecule has 0 aliphatic heterocycles. The van der Waals surface area contributed by atoms with Crippen molar-refractivity contribution < 1.29 is 9.85 Å². The van der Waals surface area contributed by atoms with E-state index in [1.807, 2.05) is 6.92 Å². The van der Waals surface area contributed by atoms with Crippen LogP contribution in [0, 0.1) is 20.2 Å². The summed E-state index contributed by atoms with van der Waals surface area (Å²) in [7, 11) is 0. The Morgan fingerprint density at radius 1 is 1.08 bits per heavy atom. The molecule has 0 saturated carbocycles. The summed E-state index contributed by atoms with van der Waals surface area (Å²) in [6, 6.07) is 3.48. The molecule has 0 unspecified atom stereocenters. The van der Waals surface area contributed by atoms with Gasteiger partial charge in [-0.25, -0.2) is 0 Å². The predicted molar refractivity (Wildman–Crippen MR) is 94.5 cm³/mol. The van der Waals surface area contributed by atoms with Gasteiger partial charge >= 0.3 is 5.69 Å². The van der Waals surface area contributed by atoms with E-state index in [-0.39, 0.29) is 17.1 Å². The molecule has 8 nitrogen and oxygen atoms in total. The fraction of sp³-hybridized carbons (Fsp3) is 0.562. The van der Waals surface area contributed by atoms with Crippen molar-refractivity contribution in [1.82, 2.24) is 0 Å². The normalized spacial score (nSPS) is 11.3. The van der Waals surface area contributed by atoms with Gasteiger partial charge in [0.05, 0.1) is 15.9 Å². The average molecular weight is 336 g/mol. The number of hydrogen-bond acceptors (Lipinski definition) is 6.